The first kappa shape index (κ1) is 30.6. The van der Waals surface area contributed by atoms with Crippen molar-refractivity contribution in [3.05, 3.63) is 20.4 Å². The van der Waals surface area contributed by atoms with Crippen molar-refractivity contribution in [3.63, 3.8) is 0 Å². The summed E-state index contributed by atoms with van der Waals surface area (Å²) in [5.41, 5.74) is -1.12. The highest BCUT2D eigenvalue weighted by Crippen LogP contribution is 2.20. The molecule has 0 heterocycles. The van der Waals surface area contributed by atoms with Gasteiger partial charge in [0.2, 0.25) is 11.5 Å². The Kier molecular flexibility index (Phi) is 18.9. The van der Waals surface area contributed by atoms with E-state index in [2.05, 4.69) is 24.3 Å². The molecule has 0 spiro atoms. The van der Waals surface area contributed by atoms with Gasteiger partial charge in [0, 0.05) is 0 Å². The van der Waals surface area contributed by atoms with Crippen molar-refractivity contribution in [2.24, 2.45) is 0 Å². The topological polar surface area (TPSA) is 67.9 Å². The van der Waals surface area contributed by atoms with Crippen LogP contribution < -0.4 is 25.6 Å². The van der Waals surface area contributed by atoms with Crippen LogP contribution in [0.5, 0.6) is 11.5 Å². The zero-order valence-electron chi connectivity index (χ0n) is 22.4. The fourth-order valence-electron chi connectivity index (χ4n) is 4.31. The predicted octanol–water partition coefficient (Wildman–Crippen LogP) is 5.45. The molecule has 0 saturated heterocycles. The molecule has 0 radical (unpaired) electrons. The van der Waals surface area contributed by atoms with Gasteiger partial charge < -0.3 is 19.7 Å². The smallest absolute Gasteiger partial charge is 0.275 e. The molecule has 0 saturated carbocycles. The van der Waals surface area contributed by atoms with Crippen molar-refractivity contribution in [2.45, 2.75) is 109 Å². The summed E-state index contributed by atoms with van der Waals surface area (Å²) in [5.74, 6) is 0.192. The maximum Gasteiger partial charge on any atom is 0.275 e. The molecule has 0 fully saturated rings. The van der Waals surface area contributed by atoms with E-state index in [1.54, 1.807) is 0 Å². The van der Waals surface area contributed by atoms with E-state index in [1.165, 1.54) is 117 Å². The minimum Gasteiger partial charge on any atom is -0.489 e. The molecule has 198 valence electrons. The van der Waals surface area contributed by atoms with Gasteiger partial charge in [-0.25, -0.2) is 0 Å². The number of nitrogens with one attached hydrogen (secondary N) is 1. The monoisotopic (exact) mass is 480 g/mol. The second-order valence-electron chi connectivity index (χ2n) is 9.93. The van der Waals surface area contributed by atoms with E-state index in [-0.39, 0.29) is 11.5 Å². The van der Waals surface area contributed by atoms with E-state index in [1.807, 2.05) is 0 Å². The van der Waals surface area contributed by atoms with E-state index < -0.39 is 10.9 Å². The molecule has 0 aliphatic carbocycles. The molecule has 0 aliphatic heterocycles. The number of hydrogen-bond donors (Lipinski definition) is 1. The van der Waals surface area contributed by atoms with Crippen molar-refractivity contribution in [1.29, 1.82) is 0 Å². The van der Waals surface area contributed by atoms with Gasteiger partial charge in [-0.2, -0.15) is 0 Å². The second kappa shape index (κ2) is 20.9. The van der Waals surface area contributed by atoms with Gasteiger partial charge in [-0.15, -0.1) is 0 Å². The third-order valence-corrected chi connectivity index (χ3v) is 6.48. The van der Waals surface area contributed by atoms with Gasteiger partial charge in [0.25, 0.3) is 10.9 Å². The van der Waals surface area contributed by atoms with Crippen molar-refractivity contribution in [2.75, 3.05) is 47.4 Å². The van der Waals surface area contributed by atoms with Crippen LogP contribution >= 0.6 is 0 Å². The minimum absolute atomic E-state index is 0.0790. The molecular weight excluding hydrogens is 428 g/mol. The Balaban J connectivity index is 1.71. The van der Waals surface area contributed by atoms with Crippen LogP contribution in [0, 0.1) is 0 Å². The minimum atomic E-state index is -0.571. The Morgan fingerprint density at radius 3 is 1.47 bits per heavy atom. The quantitative estimate of drug-likeness (QED) is 0.148. The maximum atomic E-state index is 11.4. The SMILES string of the molecule is COc1c(OCCCCCCCCCCCCCCCCCCNCCCN(C)C)c(=O)c1=O. The predicted molar refractivity (Wildman–Crippen MR) is 143 cm³/mol. The van der Waals surface area contributed by atoms with Gasteiger partial charge in [-0.05, 0) is 53.0 Å². The number of hydrogen-bond acceptors (Lipinski definition) is 6. The van der Waals surface area contributed by atoms with E-state index >= 15 is 0 Å². The lowest BCUT2D eigenvalue weighted by molar-refractivity contribution is 0.274. The Morgan fingerprint density at radius 1 is 0.588 bits per heavy atom. The van der Waals surface area contributed by atoms with Crippen LogP contribution in [0.25, 0.3) is 0 Å². The Labute approximate surface area is 208 Å². The number of ether oxygens (including phenoxy) is 2. The van der Waals surface area contributed by atoms with Crippen LogP contribution in [0.3, 0.4) is 0 Å². The van der Waals surface area contributed by atoms with E-state index in [0.29, 0.717) is 6.61 Å². The first-order chi connectivity index (χ1) is 16.6. The highest BCUT2D eigenvalue weighted by atomic mass is 16.5. The summed E-state index contributed by atoms with van der Waals surface area (Å²) >= 11 is 0. The van der Waals surface area contributed by atoms with Gasteiger partial charge in [-0.1, -0.05) is 89.9 Å². The van der Waals surface area contributed by atoms with Crippen molar-refractivity contribution >= 4 is 0 Å². The van der Waals surface area contributed by atoms with E-state index in [4.69, 9.17) is 9.47 Å². The van der Waals surface area contributed by atoms with Crippen LogP contribution in [0.1, 0.15) is 109 Å². The molecule has 0 aliphatic rings. The molecule has 0 amide bonds. The van der Waals surface area contributed by atoms with Crippen molar-refractivity contribution in [1.82, 2.24) is 10.2 Å². The number of nitrogens with zero attached hydrogens (tertiary/aromatic N) is 1. The zero-order chi connectivity index (χ0) is 24.9. The Morgan fingerprint density at radius 2 is 1.00 bits per heavy atom. The Hall–Kier alpha value is -1.40. The van der Waals surface area contributed by atoms with Crippen LogP contribution in [-0.4, -0.2) is 52.3 Å². The summed E-state index contributed by atoms with van der Waals surface area (Å²) in [7, 11) is 5.66. The molecule has 6 heteroatoms. The molecule has 1 N–H and O–H groups in total. The molecule has 0 unspecified atom stereocenters. The fourth-order valence-corrected chi connectivity index (χ4v) is 4.31. The Bertz CT molecular complexity index is 668. The number of unbranched alkanes of at least 4 members (excludes halogenated alkanes) is 15. The summed E-state index contributed by atoms with van der Waals surface area (Å²) in [6.45, 7) is 3.99. The van der Waals surface area contributed by atoms with Crippen LogP contribution in [0.15, 0.2) is 9.59 Å². The fraction of sp³-hybridized carbons (Fsp3) is 0.857. The molecule has 34 heavy (non-hydrogen) atoms. The summed E-state index contributed by atoms with van der Waals surface area (Å²) in [6.07, 6.45) is 22.3. The molecule has 0 bridgehead atoms. The molecule has 0 atom stereocenters. The standard InChI is InChI=1S/C28H52N2O4/c1-30(2)23-20-22-29-21-18-16-14-12-10-8-6-4-5-7-9-11-13-15-17-19-24-34-28-26(32)25(31)27(28)33-3/h29H,4-24H2,1-3H3. The zero-order valence-corrected chi connectivity index (χ0v) is 22.4. The molecule has 1 aromatic rings. The lowest BCUT2D eigenvalue weighted by Crippen LogP contribution is -2.33. The van der Waals surface area contributed by atoms with Crippen LogP contribution in [-0.2, 0) is 0 Å². The third kappa shape index (κ3) is 14.8. The highest BCUT2D eigenvalue weighted by Gasteiger charge is 2.23. The highest BCUT2D eigenvalue weighted by molar-refractivity contribution is 5.45. The van der Waals surface area contributed by atoms with Gasteiger partial charge in [0.15, 0.2) is 0 Å². The van der Waals surface area contributed by atoms with Gasteiger partial charge in [0.1, 0.15) is 0 Å². The van der Waals surface area contributed by atoms with E-state index in [0.717, 1.165) is 19.4 Å². The molecule has 1 rings (SSSR count). The summed E-state index contributed by atoms with van der Waals surface area (Å²) < 4.78 is 10.3. The average Bonchev–Trinajstić information content (AvgIpc) is 2.83. The van der Waals surface area contributed by atoms with Crippen LogP contribution in [0.4, 0.5) is 0 Å². The average molecular weight is 481 g/mol. The van der Waals surface area contributed by atoms with Gasteiger partial charge >= 0.3 is 0 Å². The van der Waals surface area contributed by atoms with Gasteiger partial charge in [-0.3, -0.25) is 9.59 Å². The van der Waals surface area contributed by atoms with Gasteiger partial charge in [0.05, 0.1) is 13.7 Å². The second-order valence-corrected chi connectivity index (χ2v) is 9.93. The molecule has 6 nitrogen and oxygen atoms in total. The molecular formula is C28H52N2O4. The third-order valence-electron chi connectivity index (χ3n) is 6.48. The van der Waals surface area contributed by atoms with E-state index in [9.17, 15) is 9.59 Å². The van der Waals surface area contributed by atoms with Crippen molar-refractivity contribution in [3.8, 4) is 11.5 Å². The first-order valence-corrected chi connectivity index (χ1v) is 13.9. The van der Waals surface area contributed by atoms with Crippen LogP contribution in [0.2, 0.25) is 0 Å². The number of rotatable bonds is 25. The first-order valence-electron chi connectivity index (χ1n) is 13.9. The summed E-state index contributed by atoms with van der Waals surface area (Å²) in [4.78, 5) is 24.8. The van der Waals surface area contributed by atoms with Crippen molar-refractivity contribution < 1.29 is 9.47 Å². The lowest BCUT2D eigenvalue weighted by Gasteiger charge is -2.10. The summed E-state index contributed by atoms with van der Waals surface area (Å²) in [6, 6.07) is 0. The lowest BCUT2D eigenvalue weighted by atomic mass is 10.0. The molecule has 1 aromatic carbocycles. The normalized spacial score (nSPS) is 11.5. The number of methoxy groups -OCH3 is 1. The maximum absolute atomic E-state index is 11.4. The largest absolute Gasteiger partial charge is 0.489 e. The summed E-state index contributed by atoms with van der Waals surface area (Å²) in [5, 5.41) is 3.55. The molecule has 0 aromatic heterocycles.